The highest BCUT2D eigenvalue weighted by molar-refractivity contribution is 6.69. The molecule has 0 saturated carbocycles. The third-order valence-corrected chi connectivity index (χ3v) is 4.99. The lowest BCUT2D eigenvalue weighted by Gasteiger charge is -2.12. The molecule has 0 saturated heterocycles. The highest BCUT2D eigenvalue weighted by atomic mass is 35.5. The molecule has 2 nitrogen and oxygen atoms in total. The fourth-order valence-corrected chi connectivity index (χ4v) is 3.94. The van der Waals surface area contributed by atoms with Gasteiger partial charge in [0.1, 0.15) is 9.52 Å². The van der Waals surface area contributed by atoms with E-state index in [4.69, 9.17) is 11.6 Å². The van der Waals surface area contributed by atoms with Crippen molar-refractivity contribution in [2.75, 3.05) is 6.54 Å². The minimum atomic E-state index is -0.114. The van der Waals surface area contributed by atoms with E-state index in [1.54, 1.807) is 6.07 Å². The lowest BCUT2D eigenvalue weighted by molar-refractivity contribution is 0.0957. The summed E-state index contributed by atoms with van der Waals surface area (Å²) < 4.78 is 0. The third-order valence-electron chi connectivity index (χ3n) is 3.23. The van der Waals surface area contributed by atoms with Gasteiger partial charge in [-0.25, -0.2) is 0 Å². The van der Waals surface area contributed by atoms with E-state index in [9.17, 15) is 4.79 Å². The lowest BCUT2D eigenvalue weighted by Crippen LogP contribution is -2.37. The summed E-state index contributed by atoms with van der Waals surface area (Å²) in [5.41, 5.74) is 1.82. The van der Waals surface area contributed by atoms with Crippen LogP contribution in [0, 0.1) is 0 Å². The molecule has 1 N–H and O–H groups in total. The molecule has 0 aliphatic heterocycles. The predicted octanol–water partition coefficient (Wildman–Crippen LogP) is 2.47. The number of hydrogen-bond acceptors (Lipinski definition) is 1. The van der Waals surface area contributed by atoms with Crippen molar-refractivity contribution in [3.63, 3.8) is 0 Å². The number of carbonyl (C=O) groups is 1. The lowest BCUT2D eigenvalue weighted by atomic mass is 10.1. The normalized spacial score (nSPS) is 10.3. The number of allylic oxidation sites excluding steroid dienone is 1. The molecule has 2 radical (unpaired) electrons. The zero-order chi connectivity index (χ0) is 15.9. The topological polar surface area (TPSA) is 29.1 Å². The monoisotopic (exact) mass is 327 g/mol. The van der Waals surface area contributed by atoms with Gasteiger partial charge in [-0.15, -0.1) is 6.58 Å². The Hall–Kier alpha value is -1.84. The largest absolute Gasteiger partial charge is 0.352 e. The Kier molecular flexibility index (Phi) is 5.98. The molecule has 4 heteroatoms. The van der Waals surface area contributed by atoms with E-state index in [0.29, 0.717) is 26.7 Å². The van der Waals surface area contributed by atoms with Crippen LogP contribution < -0.4 is 15.7 Å². The Bertz CT molecular complexity index is 685. The van der Waals surface area contributed by atoms with E-state index in [1.165, 1.54) is 10.8 Å². The fraction of sp³-hybridized carbons (Fsp3) is 0.167. The Labute approximate surface area is 139 Å². The fourth-order valence-electron chi connectivity index (χ4n) is 2.23. The zero-order valence-electron chi connectivity index (χ0n) is 12.5. The summed E-state index contributed by atoms with van der Waals surface area (Å²) in [4.78, 5) is 12.3. The van der Waals surface area contributed by atoms with Gasteiger partial charge in [0, 0.05) is 6.54 Å². The Morgan fingerprint density at radius 1 is 1.23 bits per heavy atom. The van der Waals surface area contributed by atoms with Crippen molar-refractivity contribution >= 4 is 37.4 Å². The molecule has 0 heterocycles. The second-order valence-corrected chi connectivity index (χ2v) is 6.53. The second kappa shape index (κ2) is 7.97. The van der Waals surface area contributed by atoms with Gasteiger partial charge in [-0.3, -0.25) is 4.79 Å². The Morgan fingerprint density at radius 3 is 2.68 bits per heavy atom. The molecule has 1 amide bonds. The molecule has 2 aromatic carbocycles. The number of amides is 1. The number of benzene rings is 2. The van der Waals surface area contributed by atoms with Crippen molar-refractivity contribution in [2.24, 2.45) is 0 Å². The molecule has 112 valence electrons. The predicted molar refractivity (Wildman–Crippen MR) is 94.8 cm³/mol. The van der Waals surface area contributed by atoms with Gasteiger partial charge in [0.2, 0.25) is 0 Å². The number of halogens is 1. The molecular weight excluding hydrogens is 310 g/mol. The van der Waals surface area contributed by atoms with E-state index in [-0.39, 0.29) is 5.91 Å². The first kappa shape index (κ1) is 16.5. The van der Waals surface area contributed by atoms with Crippen molar-refractivity contribution in [3.05, 3.63) is 71.3 Å². The summed E-state index contributed by atoms with van der Waals surface area (Å²) in [6.45, 7) is 6.29. The quantitative estimate of drug-likeness (QED) is 0.641. The summed E-state index contributed by atoms with van der Waals surface area (Å²) in [5.74, 6) is -0.114. The molecule has 22 heavy (non-hydrogen) atoms. The average Bonchev–Trinajstić information content (AvgIpc) is 2.50. The molecule has 2 rings (SSSR count). The van der Waals surface area contributed by atoms with Crippen LogP contribution in [-0.4, -0.2) is 22.0 Å². The van der Waals surface area contributed by atoms with Crippen LogP contribution in [0.4, 0.5) is 0 Å². The standard InChI is InChI=1S/C18H18ClNOSi/c1-3-8-13-9-5-6-11-15(13)22-16-12-7-10-14(19)17(16)18(21)20-4-2/h3,5-7,9-12H,1,4,8H2,2H3,(H,20,21). The van der Waals surface area contributed by atoms with Gasteiger partial charge in [0.25, 0.3) is 5.91 Å². The highest BCUT2D eigenvalue weighted by Crippen LogP contribution is 2.13. The molecule has 0 atom stereocenters. The van der Waals surface area contributed by atoms with Gasteiger partial charge < -0.3 is 5.32 Å². The summed E-state index contributed by atoms with van der Waals surface area (Å²) in [7, 11) is 0.385. The molecule has 0 aliphatic carbocycles. The van der Waals surface area contributed by atoms with Gasteiger partial charge in [0.05, 0.1) is 10.6 Å². The van der Waals surface area contributed by atoms with Crippen molar-refractivity contribution in [2.45, 2.75) is 13.3 Å². The van der Waals surface area contributed by atoms with Crippen molar-refractivity contribution in [1.29, 1.82) is 0 Å². The summed E-state index contributed by atoms with van der Waals surface area (Å²) in [6, 6.07) is 13.9. The molecule has 0 unspecified atom stereocenters. The molecule has 0 fully saturated rings. The van der Waals surface area contributed by atoms with E-state index in [1.807, 2.05) is 37.3 Å². The molecule has 0 spiro atoms. The van der Waals surface area contributed by atoms with E-state index in [2.05, 4.69) is 24.0 Å². The third kappa shape index (κ3) is 3.87. The van der Waals surface area contributed by atoms with Gasteiger partial charge in [-0.2, -0.15) is 0 Å². The second-order valence-electron chi connectivity index (χ2n) is 4.80. The van der Waals surface area contributed by atoms with Crippen LogP contribution >= 0.6 is 11.6 Å². The van der Waals surface area contributed by atoms with Crippen LogP contribution in [-0.2, 0) is 6.42 Å². The van der Waals surface area contributed by atoms with Crippen LogP contribution in [0.25, 0.3) is 0 Å². The van der Waals surface area contributed by atoms with E-state index >= 15 is 0 Å². The molecular formula is C18H18ClNOSi. The van der Waals surface area contributed by atoms with E-state index < -0.39 is 0 Å². The smallest absolute Gasteiger partial charge is 0.252 e. The van der Waals surface area contributed by atoms with Crippen LogP contribution in [0.5, 0.6) is 0 Å². The summed E-state index contributed by atoms with van der Waals surface area (Å²) in [5, 5.41) is 5.52. The van der Waals surface area contributed by atoms with Gasteiger partial charge in [-0.1, -0.05) is 59.3 Å². The van der Waals surface area contributed by atoms with Crippen LogP contribution in [0.2, 0.25) is 5.02 Å². The highest BCUT2D eigenvalue weighted by Gasteiger charge is 2.16. The van der Waals surface area contributed by atoms with Crippen molar-refractivity contribution in [1.82, 2.24) is 5.32 Å². The first-order valence-corrected chi connectivity index (χ1v) is 8.57. The number of carbonyl (C=O) groups excluding carboxylic acids is 1. The first-order chi connectivity index (χ1) is 10.7. The SMILES string of the molecule is C=CCc1ccccc1[Si]c1cccc(Cl)c1C(=O)NCC. The Morgan fingerprint density at radius 2 is 1.95 bits per heavy atom. The van der Waals surface area contributed by atoms with Crippen molar-refractivity contribution < 1.29 is 4.79 Å². The molecule has 0 bridgehead atoms. The Balaban J connectivity index is 2.40. The maximum Gasteiger partial charge on any atom is 0.252 e. The van der Waals surface area contributed by atoms with E-state index in [0.717, 1.165) is 11.6 Å². The molecule has 0 aromatic heterocycles. The summed E-state index contributed by atoms with van der Waals surface area (Å²) >= 11 is 6.25. The number of hydrogen-bond donors (Lipinski definition) is 1. The molecule has 0 aliphatic rings. The first-order valence-electron chi connectivity index (χ1n) is 7.20. The minimum absolute atomic E-state index is 0.114. The van der Waals surface area contributed by atoms with Crippen LogP contribution in [0.3, 0.4) is 0 Å². The maximum absolute atomic E-state index is 12.3. The van der Waals surface area contributed by atoms with Gasteiger partial charge in [-0.05, 0) is 30.2 Å². The van der Waals surface area contributed by atoms with Gasteiger partial charge in [0.15, 0.2) is 0 Å². The number of rotatable bonds is 6. The maximum atomic E-state index is 12.3. The van der Waals surface area contributed by atoms with Crippen LogP contribution in [0.1, 0.15) is 22.8 Å². The summed E-state index contributed by atoms with van der Waals surface area (Å²) in [6.07, 6.45) is 2.71. The molecule has 2 aromatic rings. The van der Waals surface area contributed by atoms with Gasteiger partial charge >= 0.3 is 0 Å². The van der Waals surface area contributed by atoms with Crippen molar-refractivity contribution in [3.8, 4) is 0 Å². The zero-order valence-corrected chi connectivity index (χ0v) is 14.3. The minimum Gasteiger partial charge on any atom is -0.352 e. The average molecular weight is 328 g/mol. The van der Waals surface area contributed by atoms with Crippen LogP contribution in [0.15, 0.2) is 55.1 Å². The number of nitrogens with one attached hydrogen (secondary N) is 1.